The lowest BCUT2D eigenvalue weighted by Crippen LogP contribution is -3.34. The zero-order chi connectivity index (χ0) is 18.5. The molecule has 0 fully saturated rings. The fraction of sp³-hybridized carbons (Fsp3) is 0.250. The number of hydrogen-bond acceptors (Lipinski definition) is 5. The van der Waals surface area contributed by atoms with Crippen LogP contribution in [0.5, 0.6) is 0 Å². The first-order valence-electron chi connectivity index (χ1n) is 6.89. The van der Waals surface area contributed by atoms with Gasteiger partial charge in [0.2, 0.25) is 0 Å². The minimum Gasteiger partial charge on any atom is -0.744 e. The average molecular weight is 463 g/mol. The predicted octanol–water partition coefficient (Wildman–Crippen LogP) is -0.0618. The van der Waals surface area contributed by atoms with Gasteiger partial charge in [-0.3, -0.25) is 10.1 Å². The van der Waals surface area contributed by atoms with Crippen molar-refractivity contribution in [3.63, 3.8) is 0 Å². The van der Waals surface area contributed by atoms with E-state index in [4.69, 9.17) is 0 Å². The van der Waals surface area contributed by atoms with Gasteiger partial charge in [-0.25, -0.2) is 8.42 Å². The van der Waals surface area contributed by atoms with Gasteiger partial charge in [-0.2, -0.15) is 0 Å². The van der Waals surface area contributed by atoms with Crippen molar-refractivity contribution in [1.29, 1.82) is 0 Å². The number of non-ortho nitro benzene ring substituents is 1. The Morgan fingerprint density at radius 1 is 1.04 bits per heavy atom. The highest BCUT2D eigenvalue weighted by Crippen LogP contribution is 2.20. The maximum atomic E-state index is 10.4. The summed E-state index contributed by atoms with van der Waals surface area (Å²) in [6, 6.07) is 12.7. The second-order valence-electron chi connectivity index (χ2n) is 5.98. The molecule has 0 saturated heterocycles. The Labute approximate surface area is 154 Å². The molecule has 130 valence electrons. The lowest BCUT2D eigenvalue weighted by Gasteiger charge is -2.17. The van der Waals surface area contributed by atoms with Gasteiger partial charge in [0.1, 0.15) is 10.1 Å². The van der Waals surface area contributed by atoms with E-state index in [1.807, 2.05) is 22.6 Å². The molecule has 2 rings (SSSR count). The molecule has 0 bridgehead atoms. The van der Waals surface area contributed by atoms with Crippen LogP contribution in [0, 0.1) is 13.7 Å². The van der Waals surface area contributed by atoms with Crippen molar-refractivity contribution in [1.82, 2.24) is 0 Å². The monoisotopic (exact) mass is 463 g/mol. The molecule has 2 aromatic rings. The van der Waals surface area contributed by atoms with Gasteiger partial charge in [0.15, 0.2) is 3.57 Å². The Morgan fingerprint density at radius 3 is 2.00 bits per heavy atom. The first kappa shape index (κ1) is 20.5. The van der Waals surface area contributed by atoms with E-state index in [2.05, 4.69) is 45.0 Å². The topological polar surface area (TPSA) is 100 Å². The normalized spacial score (nSPS) is 11.4. The molecule has 2 aromatic carbocycles. The van der Waals surface area contributed by atoms with Crippen molar-refractivity contribution >= 4 is 15.8 Å². The van der Waals surface area contributed by atoms with Crippen LogP contribution in [0.3, 0.4) is 0 Å². The van der Waals surface area contributed by atoms with E-state index in [0.717, 1.165) is 24.3 Å². The summed E-state index contributed by atoms with van der Waals surface area (Å²) in [7, 11) is -4.61. The van der Waals surface area contributed by atoms with E-state index < -0.39 is 25.6 Å². The number of nitro benzene ring substituents is 1. The summed E-state index contributed by atoms with van der Waals surface area (Å²) in [5.41, 5.74) is 1.27. The predicted molar refractivity (Wildman–Crippen MR) is 86.3 cm³/mol. The lowest BCUT2D eigenvalue weighted by atomic mass is 9.87. The van der Waals surface area contributed by atoms with Crippen LogP contribution in [0.15, 0.2) is 53.4 Å². The van der Waals surface area contributed by atoms with Gasteiger partial charge in [-0.15, -0.1) is 0 Å². The molecule has 0 amide bonds. The molecule has 0 atom stereocenters. The van der Waals surface area contributed by atoms with Gasteiger partial charge in [0, 0.05) is 12.1 Å². The van der Waals surface area contributed by atoms with Gasteiger partial charge in [-0.1, -0.05) is 39.0 Å². The summed E-state index contributed by atoms with van der Waals surface area (Å²) in [5.74, 6) is 0. The second kappa shape index (κ2) is 8.04. The maximum Gasteiger partial charge on any atom is 0.296 e. The Balaban J connectivity index is 0.000000243. The molecule has 0 heterocycles. The third-order valence-electron chi connectivity index (χ3n) is 3.04. The first-order valence-corrected chi connectivity index (χ1v) is 9.46. The third-order valence-corrected chi connectivity index (χ3v) is 4.65. The minimum atomic E-state index is -4.61. The summed E-state index contributed by atoms with van der Waals surface area (Å²) in [6.45, 7) is 6.70. The van der Waals surface area contributed by atoms with Crippen molar-refractivity contribution in [3.8, 4) is 0 Å². The smallest absolute Gasteiger partial charge is 0.296 e. The van der Waals surface area contributed by atoms with Crippen LogP contribution >= 0.6 is 0 Å². The van der Waals surface area contributed by atoms with E-state index >= 15 is 0 Å². The zero-order valence-corrected chi connectivity index (χ0v) is 16.6. The van der Waals surface area contributed by atoms with E-state index in [0.29, 0.717) is 0 Å². The van der Waals surface area contributed by atoms with Crippen LogP contribution in [0.25, 0.3) is 0 Å². The quantitative estimate of drug-likeness (QED) is 0.269. The highest BCUT2D eigenvalue weighted by Gasteiger charge is 2.13. The largest absolute Gasteiger partial charge is 0.744 e. The summed E-state index contributed by atoms with van der Waals surface area (Å²) in [6.07, 6.45) is 0. The van der Waals surface area contributed by atoms with Crippen LogP contribution in [0.4, 0.5) is 5.69 Å². The highest BCUT2D eigenvalue weighted by atomic mass is 127. The zero-order valence-electron chi connectivity index (χ0n) is 13.4. The number of rotatable bonds is 2. The van der Waals surface area contributed by atoms with E-state index in [9.17, 15) is 23.1 Å². The van der Waals surface area contributed by atoms with Crippen LogP contribution in [-0.2, 0) is 15.5 Å². The van der Waals surface area contributed by atoms with Gasteiger partial charge >= 0.3 is 0 Å². The molecule has 0 aliphatic carbocycles. The molecule has 0 aliphatic heterocycles. The Kier molecular flexibility index (Phi) is 6.87. The van der Waals surface area contributed by atoms with Crippen LogP contribution in [0.2, 0.25) is 0 Å². The fourth-order valence-corrected chi connectivity index (χ4v) is 2.61. The lowest BCUT2D eigenvalue weighted by molar-refractivity contribution is -0.385. The van der Waals surface area contributed by atoms with Gasteiger partial charge in [-0.05, 0) is 29.2 Å². The Hall–Kier alpha value is -1.52. The van der Waals surface area contributed by atoms with Crippen molar-refractivity contribution in [2.24, 2.45) is 0 Å². The molecular formula is C16H18INO5S. The average Bonchev–Trinajstić information content (AvgIpc) is 2.46. The summed E-state index contributed by atoms with van der Waals surface area (Å²) < 4.78 is 32.6. The Morgan fingerprint density at radius 2 is 1.58 bits per heavy atom. The minimum absolute atomic E-state index is 0.287. The molecule has 0 aromatic heterocycles. The van der Waals surface area contributed by atoms with E-state index in [1.54, 1.807) is 0 Å². The molecule has 0 N–H and O–H groups in total. The molecule has 0 aliphatic rings. The summed E-state index contributed by atoms with van der Waals surface area (Å²) >= 11 is 2.05. The second-order valence-corrected chi connectivity index (χ2v) is 8.71. The van der Waals surface area contributed by atoms with Crippen molar-refractivity contribution < 1.29 is 40.5 Å². The number of hydrogen-bond donors (Lipinski definition) is 0. The van der Waals surface area contributed by atoms with Gasteiger partial charge in [0.25, 0.3) is 28.3 Å². The van der Waals surface area contributed by atoms with Gasteiger partial charge in [0.05, 0.1) is 9.82 Å². The third kappa shape index (κ3) is 6.54. The SMILES string of the molecule is CC(C)(C)c1ccc([IH+])cc1.O=[N+]([O-])c1cccc(S(=O)(=O)[O-])c1. The first-order chi connectivity index (χ1) is 10.9. The van der Waals surface area contributed by atoms with Crippen molar-refractivity contribution in [3.05, 3.63) is 67.8 Å². The standard InChI is InChI=1S/C10H14I.C6H5NO5S/c1-10(2,3)8-4-6-9(11)7-5-8;8-7(9)5-2-1-3-6(4-5)13(10,11)12/h4-7,11H,1-3H3;1-4H,(H,10,11,12)/q+1;/p-1. The molecule has 0 saturated carbocycles. The van der Waals surface area contributed by atoms with E-state index in [-0.39, 0.29) is 5.41 Å². The van der Waals surface area contributed by atoms with Crippen molar-refractivity contribution in [2.75, 3.05) is 0 Å². The molecular weight excluding hydrogens is 445 g/mol. The summed E-state index contributed by atoms with van der Waals surface area (Å²) in [5, 5.41) is 10.2. The highest BCUT2D eigenvalue weighted by molar-refractivity contribution is 7.85. The number of halogens is 1. The van der Waals surface area contributed by atoms with Crippen LogP contribution in [0.1, 0.15) is 26.3 Å². The Bertz CT molecular complexity index is 811. The molecule has 24 heavy (non-hydrogen) atoms. The van der Waals surface area contributed by atoms with Crippen LogP contribution < -0.4 is 22.6 Å². The molecule has 0 unspecified atom stereocenters. The van der Waals surface area contributed by atoms with Crippen LogP contribution in [-0.4, -0.2) is 17.9 Å². The van der Waals surface area contributed by atoms with E-state index in [1.165, 1.54) is 9.13 Å². The summed E-state index contributed by atoms with van der Waals surface area (Å²) in [4.78, 5) is 8.82. The molecule has 8 heteroatoms. The molecule has 6 nitrogen and oxygen atoms in total. The van der Waals surface area contributed by atoms with Gasteiger partial charge < -0.3 is 4.55 Å². The number of nitro groups is 1. The number of benzene rings is 2. The fourth-order valence-electron chi connectivity index (χ4n) is 1.71. The molecule has 0 spiro atoms. The number of nitrogens with zero attached hydrogens (tertiary/aromatic N) is 1. The van der Waals surface area contributed by atoms with Crippen molar-refractivity contribution in [2.45, 2.75) is 31.1 Å². The maximum absolute atomic E-state index is 10.4. The molecule has 0 radical (unpaired) electrons.